The van der Waals surface area contributed by atoms with E-state index in [1.807, 2.05) is 6.08 Å². The maximum atomic E-state index is 13.1. The summed E-state index contributed by atoms with van der Waals surface area (Å²) in [6.07, 6.45) is 87.6. The van der Waals surface area contributed by atoms with Gasteiger partial charge in [-0.15, -0.1) is 0 Å². The van der Waals surface area contributed by atoms with E-state index in [0.717, 1.165) is 57.8 Å². The molecule has 0 saturated carbocycles. The highest BCUT2D eigenvalue weighted by Crippen LogP contribution is 2.24. The second kappa shape index (κ2) is 74.1. The fourth-order valence-electron chi connectivity index (χ4n) is 13.6. The van der Waals surface area contributed by atoms with E-state index in [4.69, 9.17) is 14.2 Å². The van der Waals surface area contributed by atoms with Crippen LogP contribution < -0.4 is 5.32 Å². The van der Waals surface area contributed by atoms with E-state index in [1.54, 1.807) is 6.08 Å². The van der Waals surface area contributed by atoms with Crippen LogP contribution in [0.5, 0.6) is 0 Å². The number of esters is 1. The predicted molar refractivity (Wildman–Crippen MR) is 407 cm³/mol. The van der Waals surface area contributed by atoms with Crippen molar-refractivity contribution in [3.63, 3.8) is 0 Å². The van der Waals surface area contributed by atoms with E-state index < -0.39 is 49.5 Å². The molecule has 7 unspecified atom stereocenters. The third kappa shape index (κ3) is 61.7. The van der Waals surface area contributed by atoms with Crippen LogP contribution in [-0.2, 0) is 23.8 Å². The van der Waals surface area contributed by atoms with Gasteiger partial charge in [0.05, 0.1) is 32.0 Å². The molecule has 566 valence electrons. The molecule has 0 aliphatic carbocycles. The summed E-state index contributed by atoms with van der Waals surface area (Å²) in [7, 11) is 0. The first-order chi connectivity index (χ1) is 47.2. The van der Waals surface area contributed by atoms with Crippen molar-refractivity contribution >= 4 is 11.9 Å². The fraction of sp³-hybridized carbons (Fsp3) is 0.906. The molecule has 96 heavy (non-hydrogen) atoms. The Balaban J connectivity index is 1.90. The van der Waals surface area contributed by atoms with Crippen molar-refractivity contribution in [1.29, 1.82) is 0 Å². The van der Waals surface area contributed by atoms with Gasteiger partial charge >= 0.3 is 5.97 Å². The van der Waals surface area contributed by atoms with Gasteiger partial charge in [0.1, 0.15) is 24.4 Å². The number of hydrogen-bond donors (Lipinski definition) is 6. The Kier molecular flexibility index (Phi) is 70.9. The molecule has 1 aliphatic heterocycles. The van der Waals surface area contributed by atoms with Crippen LogP contribution in [0, 0.1) is 0 Å². The van der Waals surface area contributed by atoms with Gasteiger partial charge in [-0.25, -0.2) is 0 Å². The van der Waals surface area contributed by atoms with Crippen molar-refractivity contribution in [3.8, 4) is 0 Å². The molecule has 1 heterocycles. The lowest BCUT2D eigenvalue weighted by atomic mass is 9.99. The molecule has 0 aromatic rings. The second-order valence-electron chi connectivity index (χ2n) is 29.5. The highest BCUT2D eigenvalue weighted by molar-refractivity contribution is 5.76. The van der Waals surface area contributed by atoms with E-state index in [1.165, 1.54) is 347 Å². The molecule has 1 fully saturated rings. The molecule has 1 amide bonds. The molecular weight excluding hydrogens is 1190 g/mol. The summed E-state index contributed by atoms with van der Waals surface area (Å²) in [4.78, 5) is 25.2. The third-order valence-electron chi connectivity index (χ3n) is 20.2. The van der Waals surface area contributed by atoms with E-state index in [-0.39, 0.29) is 18.5 Å². The quantitative estimate of drug-likeness (QED) is 0.0195. The Hall–Kier alpha value is -2.12. The topological polar surface area (TPSA) is 175 Å². The lowest BCUT2D eigenvalue weighted by molar-refractivity contribution is -0.302. The molecule has 11 heteroatoms. The van der Waals surface area contributed by atoms with Crippen LogP contribution in [0.4, 0.5) is 0 Å². The zero-order valence-electron chi connectivity index (χ0n) is 63.4. The van der Waals surface area contributed by atoms with Crippen LogP contribution in [-0.4, -0.2) is 100 Å². The number of carbonyl (C=O) groups excluding carboxylic acids is 2. The van der Waals surface area contributed by atoms with Crippen molar-refractivity contribution < 1.29 is 49.3 Å². The number of aliphatic hydroxyl groups is 5. The lowest BCUT2D eigenvalue weighted by Gasteiger charge is -2.40. The molecule has 7 atom stereocenters. The Bertz CT molecular complexity index is 1690. The van der Waals surface area contributed by atoms with Gasteiger partial charge in [0.2, 0.25) is 5.91 Å². The van der Waals surface area contributed by atoms with Crippen LogP contribution in [0.15, 0.2) is 36.5 Å². The molecule has 1 aliphatic rings. The van der Waals surface area contributed by atoms with E-state index in [9.17, 15) is 35.1 Å². The number of aliphatic hydroxyl groups excluding tert-OH is 5. The molecule has 0 bridgehead atoms. The van der Waals surface area contributed by atoms with Crippen molar-refractivity contribution in [1.82, 2.24) is 5.32 Å². The first-order valence-electron chi connectivity index (χ1n) is 42.3. The first kappa shape index (κ1) is 91.9. The monoisotopic (exact) mass is 1360 g/mol. The van der Waals surface area contributed by atoms with E-state index >= 15 is 0 Å². The van der Waals surface area contributed by atoms with Gasteiger partial charge in [-0.2, -0.15) is 0 Å². The Morgan fingerprint density at radius 2 is 0.667 bits per heavy atom. The summed E-state index contributed by atoms with van der Waals surface area (Å²) >= 11 is 0. The number of carbonyl (C=O) groups is 2. The highest BCUT2D eigenvalue weighted by Gasteiger charge is 2.44. The fourth-order valence-corrected chi connectivity index (χ4v) is 13.6. The molecule has 0 aromatic heterocycles. The van der Waals surface area contributed by atoms with Gasteiger partial charge in [0, 0.05) is 12.8 Å². The van der Waals surface area contributed by atoms with Crippen molar-refractivity contribution in [2.75, 3.05) is 19.8 Å². The van der Waals surface area contributed by atoms with Gasteiger partial charge < -0.3 is 45.1 Å². The van der Waals surface area contributed by atoms with E-state index in [2.05, 4.69) is 43.5 Å². The SMILES string of the molecule is CCCCCCC/C=C\CCCCCCCC(=O)OCCCCCCCCCCCCCCCCCCCC/C=C\CCCCCCCCCCCCCCCCCCCC(=O)NC(COC1OC(CO)C(O)C(O)C1O)C(O)/C=C/CCCCCCCCCCCCCCC. The zero-order chi connectivity index (χ0) is 69.4. The number of hydrogen-bond acceptors (Lipinski definition) is 10. The Labute approximate surface area is 594 Å². The van der Waals surface area contributed by atoms with Crippen molar-refractivity contribution in [2.24, 2.45) is 0 Å². The second-order valence-corrected chi connectivity index (χ2v) is 29.5. The zero-order valence-corrected chi connectivity index (χ0v) is 63.4. The minimum Gasteiger partial charge on any atom is -0.466 e. The third-order valence-corrected chi connectivity index (χ3v) is 20.2. The van der Waals surface area contributed by atoms with Crippen LogP contribution in [0.2, 0.25) is 0 Å². The predicted octanol–water partition coefficient (Wildman–Crippen LogP) is 23.3. The minimum atomic E-state index is -1.57. The molecule has 1 rings (SSSR count). The number of nitrogens with one attached hydrogen (secondary N) is 1. The smallest absolute Gasteiger partial charge is 0.305 e. The number of unbranched alkanes of at least 4 members (excludes halogenated alkanes) is 58. The van der Waals surface area contributed by atoms with Crippen molar-refractivity contribution in [3.05, 3.63) is 36.5 Å². The van der Waals surface area contributed by atoms with Crippen LogP contribution in [0.3, 0.4) is 0 Å². The number of amides is 1. The summed E-state index contributed by atoms with van der Waals surface area (Å²) in [5, 5.41) is 54.7. The molecule has 0 radical (unpaired) electrons. The summed E-state index contributed by atoms with van der Waals surface area (Å²) < 4.78 is 16.8. The van der Waals surface area contributed by atoms with Gasteiger partial charge in [-0.05, 0) is 83.5 Å². The van der Waals surface area contributed by atoms with Gasteiger partial charge in [-0.1, -0.05) is 371 Å². The average molecular weight is 1360 g/mol. The van der Waals surface area contributed by atoms with Crippen LogP contribution >= 0.6 is 0 Å². The summed E-state index contributed by atoms with van der Waals surface area (Å²) in [5.41, 5.74) is 0. The summed E-state index contributed by atoms with van der Waals surface area (Å²) in [6, 6.07) is -0.807. The minimum absolute atomic E-state index is 0.00891. The Morgan fingerprint density at radius 3 is 1.00 bits per heavy atom. The standard InChI is InChI=1S/C85H161NO10/c1-3-5-7-9-11-13-15-17-44-47-51-55-59-63-67-71-78(88)77(76-95-85-84(93)83(92)82(91)79(75-87)96-85)86-80(89)72-68-64-60-56-52-48-45-42-40-38-36-34-32-30-28-26-24-22-20-19-21-23-25-27-29-31-33-35-37-39-41-43-46-50-54-58-62-66-70-74-94-81(90)73-69-65-61-57-53-49-18-16-14-12-10-8-6-4-2/h16,18-20,67,71,77-79,82-85,87-88,91-93H,3-15,17,21-66,68-70,72-76H2,1-2H3,(H,86,89)/b18-16-,20-19-,71-67+. The maximum Gasteiger partial charge on any atom is 0.305 e. The number of allylic oxidation sites excluding steroid dienone is 5. The van der Waals surface area contributed by atoms with Crippen LogP contribution in [0.25, 0.3) is 0 Å². The highest BCUT2D eigenvalue weighted by atomic mass is 16.7. The lowest BCUT2D eigenvalue weighted by Crippen LogP contribution is -2.60. The first-order valence-corrected chi connectivity index (χ1v) is 42.3. The summed E-state index contributed by atoms with van der Waals surface area (Å²) in [6.45, 7) is 4.40. The molecule has 11 nitrogen and oxygen atoms in total. The van der Waals surface area contributed by atoms with Crippen molar-refractivity contribution in [2.45, 2.75) is 474 Å². The van der Waals surface area contributed by atoms with Gasteiger partial charge in [0.15, 0.2) is 6.29 Å². The Morgan fingerprint density at radius 1 is 0.375 bits per heavy atom. The largest absolute Gasteiger partial charge is 0.466 e. The normalized spacial score (nSPS) is 17.4. The number of ether oxygens (including phenoxy) is 3. The summed E-state index contributed by atoms with van der Waals surface area (Å²) in [5.74, 6) is -0.165. The average Bonchev–Trinajstić information content (AvgIpc) is 1.45. The van der Waals surface area contributed by atoms with Gasteiger partial charge in [0.25, 0.3) is 0 Å². The van der Waals surface area contributed by atoms with E-state index in [0.29, 0.717) is 19.4 Å². The molecule has 1 saturated heterocycles. The number of rotatable bonds is 76. The molecule has 6 N–H and O–H groups in total. The molecule has 0 spiro atoms. The van der Waals surface area contributed by atoms with Crippen LogP contribution in [0.1, 0.15) is 431 Å². The molecular formula is C85H161NO10. The molecule has 0 aromatic carbocycles. The maximum absolute atomic E-state index is 13.1. The van der Waals surface area contributed by atoms with Gasteiger partial charge in [-0.3, -0.25) is 9.59 Å².